The van der Waals surface area contributed by atoms with Crippen LogP contribution >= 0.6 is 0 Å². The van der Waals surface area contributed by atoms with Crippen molar-refractivity contribution in [3.8, 4) is 102 Å². The van der Waals surface area contributed by atoms with E-state index in [-0.39, 0.29) is 78.0 Å². The number of benzene rings is 6. The molecule has 14 heterocycles. The quantitative estimate of drug-likeness (QED) is 0.0360. The molecule has 9 N–H and O–H groups in total. The lowest BCUT2D eigenvalue weighted by Crippen LogP contribution is -2.51. The van der Waals surface area contributed by atoms with Crippen LogP contribution in [-0.2, 0) is 46.1 Å². The fourth-order valence-corrected chi connectivity index (χ4v) is 21.0. The molecule has 36 nitrogen and oxygen atoms in total. The number of hydrogen-bond acceptors (Lipinski definition) is 22. The normalized spacial score (nSPS) is 18.7. The smallest absolute Gasteiger partial charge is 0.410 e. The largest absolute Gasteiger partial charge is 0.457 e. The van der Waals surface area contributed by atoms with Gasteiger partial charge in [0.2, 0.25) is 11.8 Å². The van der Waals surface area contributed by atoms with E-state index >= 15 is 0 Å². The van der Waals surface area contributed by atoms with E-state index in [0.29, 0.717) is 85.3 Å². The van der Waals surface area contributed by atoms with Gasteiger partial charge in [-0.3, -0.25) is 29.1 Å². The summed E-state index contributed by atoms with van der Waals surface area (Å²) in [4.78, 5) is 161. The van der Waals surface area contributed by atoms with Crippen molar-refractivity contribution in [2.24, 2.45) is 11.8 Å². The predicted molar refractivity (Wildman–Crippen MR) is 550 cm³/mol. The lowest BCUT2D eigenvalue weighted by molar-refractivity contribution is -0.136. The standard InChI is InChI=1S/C41H50N8O7.C37H44N6O5.C33H36N6O4/c1-22(2)34(46-40(52)54-5)38(50)48-15-7-9-30(48)36-42-20-28(44-36)24-11-13-32-26(17-24)19-27-18-25(12-14-33(27)56-32)29-21-43-37(45-29)31-10-8-16-49(31)39(51)35(23(3)4)47-41(53)55-6;1-36(2,3)47-34(44)42-15-7-9-28(42)32-38-20-26(40-32)22-13-14-30-25(17-22)18-24-12-11-23(19-31(24)46-30)27-21-39-33(41-27)29-10-8-16-43(29)35(45)48-37(4,5)6;1-33(2,3)43-32(41)39-14-6-9-26(39)30-35-18-24(37-30)20-11-13-27-22(15-20)31(40)38-23-12-10-21(16-28(23)42-27)25-17-34-29(36-25)19-7-4-5-8-19/h11-14,17-18,20-23,30-31,34-35H,7-10,15-16,19H2,1-6H3,(H,42,44)(H,43,45)(H,46,52)(H,47,53);11-14,17,19-21,28-29H,7-10,15-16,18H2,1-6H3,(H,38,40)(H,39,41);10-13,15-19,26H,4-9,14H2,1-3H3,(H,34,36)(H,35,37)(H,38,40)/t30-,31-,34-,35-;28-,29-;26-/m000/s1. The van der Waals surface area contributed by atoms with E-state index in [1.807, 2.05) is 181 Å². The van der Waals surface area contributed by atoms with E-state index in [1.165, 1.54) is 39.9 Å². The maximum atomic E-state index is 13.6. The molecular weight excluding hydrogens is 1870 g/mol. The van der Waals surface area contributed by atoms with Crippen LogP contribution in [0.2, 0.25) is 0 Å². The van der Waals surface area contributed by atoms with Crippen molar-refractivity contribution in [2.75, 3.05) is 52.3 Å². The van der Waals surface area contributed by atoms with Crippen LogP contribution in [0, 0.1) is 11.8 Å². The molecule has 770 valence electrons. The first-order chi connectivity index (χ1) is 70.5. The molecule has 6 fully saturated rings. The lowest BCUT2D eigenvalue weighted by atomic mass is 9.96. The first kappa shape index (κ1) is 100. The number of amides is 8. The molecule has 147 heavy (non-hydrogen) atoms. The van der Waals surface area contributed by atoms with Gasteiger partial charge in [0.25, 0.3) is 5.91 Å². The Balaban J connectivity index is 0.000000140. The van der Waals surface area contributed by atoms with Crippen molar-refractivity contribution >= 4 is 53.9 Å². The van der Waals surface area contributed by atoms with E-state index in [4.69, 9.17) is 47.9 Å². The summed E-state index contributed by atoms with van der Waals surface area (Å²) < 4.78 is 45.5. The zero-order chi connectivity index (χ0) is 103. The molecule has 8 amide bonds. The summed E-state index contributed by atoms with van der Waals surface area (Å²) >= 11 is 0. The Morgan fingerprint density at radius 3 is 1.01 bits per heavy atom. The minimum absolute atomic E-state index is 0.118. The molecule has 1 aliphatic carbocycles. The molecule has 5 saturated heterocycles. The van der Waals surface area contributed by atoms with E-state index in [2.05, 4.69) is 96.1 Å². The van der Waals surface area contributed by atoms with Crippen LogP contribution in [0.5, 0.6) is 34.5 Å². The number of hydrogen-bond donors (Lipinski definition) is 9. The molecule has 1 saturated carbocycles. The highest BCUT2D eigenvalue weighted by atomic mass is 16.6. The van der Waals surface area contributed by atoms with Crippen LogP contribution in [0.3, 0.4) is 0 Å². The first-order valence-electron chi connectivity index (χ1n) is 51.2. The number of alkyl carbamates (subject to hydrolysis) is 2. The average molecular weight is 2000 g/mol. The molecule has 21 rings (SSSR count). The molecule has 12 aromatic rings. The molecule has 6 aromatic heterocycles. The van der Waals surface area contributed by atoms with Gasteiger partial charge in [-0.1, -0.05) is 58.7 Å². The number of likely N-dealkylation sites (tertiary alicyclic amines) is 5. The number of carbonyl (C=O) groups is 8. The maximum Gasteiger partial charge on any atom is 0.410 e. The van der Waals surface area contributed by atoms with Crippen LogP contribution in [0.15, 0.2) is 146 Å². The third-order valence-electron chi connectivity index (χ3n) is 28.4. The number of aromatic nitrogens is 12. The molecule has 7 atom stereocenters. The molecule has 8 aliphatic heterocycles. The van der Waals surface area contributed by atoms with Gasteiger partial charge in [-0.15, -0.1) is 0 Å². The molecule has 0 radical (unpaired) electrons. The third-order valence-corrected chi connectivity index (χ3v) is 28.4. The van der Waals surface area contributed by atoms with Gasteiger partial charge in [-0.2, -0.15) is 0 Å². The molecule has 6 aromatic carbocycles. The minimum Gasteiger partial charge on any atom is -0.457 e. The number of ether oxygens (including phenoxy) is 8. The Labute approximate surface area is 853 Å². The van der Waals surface area contributed by atoms with Crippen LogP contribution in [-0.4, -0.2) is 208 Å². The molecule has 0 unspecified atom stereocenters. The summed E-state index contributed by atoms with van der Waals surface area (Å²) in [5.74, 6) is 8.65. The second-order valence-corrected chi connectivity index (χ2v) is 43.0. The third kappa shape index (κ3) is 22.2. The van der Waals surface area contributed by atoms with E-state index in [1.54, 1.807) is 49.2 Å². The van der Waals surface area contributed by atoms with Gasteiger partial charge in [-0.05, 0) is 264 Å². The summed E-state index contributed by atoms with van der Waals surface area (Å²) in [6.45, 7) is 27.6. The fraction of sp³-hybridized carbons (Fsp3) is 0.441. The Bertz CT molecular complexity index is 6650. The van der Waals surface area contributed by atoms with Crippen molar-refractivity contribution in [1.29, 1.82) is 0 Å². The molecule has 9 aliphatic rings. The number of anilines is 1. The van der Waals surface area contributed by atoms with Crippen LogP contribution in [0.1, 0.15) is 284 Å². The Hall–Kier alpha value is -15.3. The second-order valence-electron chi connectivity index (χ2n) is 43.0. The van der Waals surface area contributed by atoms with Crippen molar-refractivity contribution in [3.05, 3.63) is 209 Å². The number of H-pyrrole nitrogens is 6. The number of nitrogens with one attached hydrogen (secondary N) is 9. The van der Waals surface area contributed by atoms with Crippen LogP contribution in [0.25, 0.3) is 67.5 Å². The SMILES string of the molecule is CC(C)(C)OC(=O)N1CCC[C@H]1c1ncc(-c2ccc3c(c2)C(=O)Nc2ccc(-c4cnc(C5CCCC5)[nH]4)cc2O3)[nH]1.CC(C)(C)OC(=O)N1CCC[C@H]1c1ncc(-c2ccc3c(c2)Cc2ccc(-c4cnc([C@@H]5CCCN5C(=O)OC(C)(C)C)[nH]4)cc2O3)[nH]1.COC(=O)N[C@H](C(=O)N1CCC[C@H]1c1ncc(-c2ccc3c(c2)Cc2cc(-c4cnc([C@@H]5CCCN5C(=O)[C@@H](NC(=O)OC)C(C)C)[nH]4)ccc2O3)[nH]1)C(C)C. The van der Waals surface area contributed by atoms with Crippen molar-refractivity contribution in [1.82, 2.24) is 94.9 Å². The van der Waals surface area contributed by atoms with E-state index in [0.717, 1.165) is 201 Å². The van der Waals surface area contributed by atoms with Gasteiger partial charge < -0.3 is 93.5 Å². The fourth-order valence-electron chi connectivity index (χ4n) is 21.0. The number of aromatic amines is 6. The highest BCUT2D eigenvalue weighted by Crippen LogP contribution is 2.48. The lowest BCUT2D eigenvalue weighted by Gasteiger charge is -2.30. The maximum absolute atomic E-state index is 13.6. The van der Waals surface area contributed by atoms with Gasteiger partial charge in [0.15, 0.2) is 5.75 Å². The number of rotatable bonds is 18. The number of carbonyl (C=O) groups excluding carboxylic acids is 8. The van der Waals surface area contributed by atoms with Crippen LogP contribution in [0.4, 0.5) is 29.7 Å². The van der Waals surface area contributed by atoms with Crippen LogP contribution < -0.4 is 30.2 Å². The number of nitrogens with zero attached hydrogens (tertiary/aromatic N) is 11. The number of fused-ring (bicyclic) bond motifs is 6. The zero-order valence-electron chi connectivity index (χ0n) is 85.9. The van der Waals surface area contributed by atoms with E-state index < -0.39 is 41.1 Å². The molecular formula is C111H130N20O16. The Morgan fingerprint density at radius 1 is 0.347 bits per heavy atom. The topological polar surface area (TPSA) is 435 Å². The van der Waals surface area contributed by atoms with Gasteiger partial charge in [0.05, 0.1) is 127 Å². The van der Waals surface area contributed by atoms with Gasteiger partial charge in [-0.25, -0.2) is 53.9 Å². The molecule has 36 heteroatoms. The zero-order valence-corrected chi connectivity index (χ0v) is 85.9. The summed E-state index contributed by atoms with van der Waals surface area (Å²) in [6.07, 6.45) is 23.3. The number of methoxy groups -OCH3 is 2. The molecule has 0 bridgehead atoms. The van der Waals surface area contributed by atoms with E-state index in [9.17, 15) is 38.4 Å². The Kier molecular flexibility index (Phi) is 28.5. The van der Waals surface area contributed by atoms with Gasteiger partial charge >= 0.3 is 30.5 Å². The van der Waals surface area contributed by atoms with Crippen molar-refractivity contribution in [2.45, 2.75) is 258 Å². The first-order valence-corrected chi connectivity index (χ1v) is 51.2. The summed E-state index contributed by atoms with van der Waals surface area (Å²) in [5.41, 5.74) is 14.3. The molecule has 0 spiro atoms. The van der Waals surface area contributed by atoms with Crippen molar-refractivity contribution < 1.29 is 76.3 Å². The summed E-state index contributed by atoms with van der Waals surface area (Å²) in [6, 6.07) is 33.5. The monoisotopic (exact) mass is 2000 g/mol. The average Bonchev–Trinajstić information content (AvgIpc) is 1.77. The second kappa shape index (κ2) is 41.7. The van der Waals surface area contributed by atoms with Crippen molar-refractivity contribution in [3.63, 3.8) is 0 Å². The Morgan fingerprint density at radius 2 is 0.646 bits per heavy atom. The van der Waals surface area contributed by atoms with Gasteiger partial charge in [0, 0.05) is 84.9 Å². The highest BCUT2D eigenvalue weighted by molar-refractivity contribution is 6.09. The predicted octanol–water partition coefficient (Wildman–Crippen LogP) is 22.1. The summed E-state index contributed by atoms with van der Waals surface area (Å²) in [5, 5.41) is 8.40. The highest BCUT2D eigenvalue weighted by Gasteiger charge is 2.44. The van der Waals surface area contributed by atoms with Gasteiger partial charge in [0.1, 0.15) is 92.6 Å². The number of imidazole rings is 6. The minimum atomic E-state index is -0.703. The summed E-state index contributed by atoms with van der Waals surface area (Å²) in [7, 11) is 2.57.